The number of nitrogens with zero attached hydrogens (tertiary/aromatic N) is 2. The van der Waals surface area contributed by atoms with E-state index in [4.69, 9.17) is 16.3 Å². The molecule has 2 rings (SSSR count). The first-order chi connectivity index (χ1) is 9.76. The summed E-state index contributed by atoms with van der Waals surface area (Å²) < 4.78 is 57.7. The van der Waals surface area contributed by atoms with Gasteiger partial charge in [0.2, 0.25) is 0 Å². The van der Waals surface area contributed by atoms with Crippen molar-refractivity contribution in [3.05, 3.63) is 24.0 Å². The van der Waals surface area contributed by atoms with Crippen LogP contribution < -0.4 is 4.74 Å². The number of imidazole rings is 1. The summed E-state index contributed by atoms with van der Waals surface area (Å²) in [5, 5.41) is -0.697. The summed E-state index contributed by atoms with van der Waals surface area (Å²) in [7, 11) is 1.42. The first kappa shape index (κ1) is 15.9. The number of hydrogen-bond acceptors (Lipinski definition) is 2. The summed E-state index contributed by atoms with van der Waals surface area (Å²) in [6.45, 7) is 0.345. The number of benzene rings is 1. The van der Waals surface area contributed by atoms with Gasteiger partial charge in [-0.1, -0.05) is 0 Å². The van der Waals surface area contributed by atoms with Crippen molar-refractivity contribution in [2.75, 3.05) is 7.11 Å². The SMILES string of the molecule is COc1ccc2nc(C(C)Cl)n(CC(F)(F)C(F)F)c2c1. The maximum atomic E-state index is 13.4. The van der Waals surface area contributed by atoms with Crippen molar-refractivity contribution in [3.8, 4) is 5.75 Å². The molecule has 21 heavy (non-hydrogen) atoms. The van der Waals surface area contributed by atoms with Crippen LogP contribution in [-0.2, 0) is 6.54 Å². The van der Waals surface area contributed by atoms with E-state index in [1.54, 1.807) is 12.1 Å². The molecule has 0 bridgehead atoms. The molecule has 0 radical (unpaired) electrons. The van der Waals surface area contributed by atoms with Gasteiger partial charge in [0.05, 0.1) is 30.1 Å². The van der Waals surface area contributed by atoms with Crippen molar-refractivity contribution in [1.29, 1.82) is 0 Å². The number of fused-ring (bicyclic) bond motifs is 1. The van der Waals surface area contributed by atoms with Gasteiger partial charge in [0, 0.05) is 6.07 Å². The van der Waals surface area contributed by atoms with Gasteiger partial charge in [-0.25, -0.2) is 13.8 Å². The molecule has 0 aliphatic rings. The number of methoxy groups -OCH3 is 1. The van der Waals surface area contributed by atoms with Crippen LogP contribution in [0.1, 0.15) is 18.1 Å². The highest BCUT2D eigenvalue weighted by Crippen LogP contribution is 2.32. The van der Waals surface area contributed by atoms with E-state index in [2.05, 4.69) is 4.98 Å². The molecule has 0 fully saturated rings. The summed E-state index contributed by atoms with van der Waals surface area (Å²) in [4.78, 5) is 4.13. The van der Waals surface area contributed by atoms with Gasteiger partial charge in [-0.05, 0) is 19.1 Å². The molecule has 0 aliphatic heterocycles. The third-order valence-corrected chi connectivity index (χ3v) is 3.22. The van der Waals surface area contributed by atoms with Crippen molar-refractivity contribution in [1.82, 2.24) is 9.55 Å². The van der Waals surface area contributed by atoms with Crippen LogP contribution >= 0.6 is 11.6 Å². The Hall–Kier alpha value is -1.50. The number of rotatable bonds is 5. The maximum Gasteiger partial charge on any atom is 0.324 e. The highest BCUT2D eigenvalue weighted by atomic mass is 35.5. The minimum Gasteiger partial charge on any atom is -0.497 e. The normalized spacial score (nSPS) is 13.9. The Morgan fingerprint density at radius 1 is 1.38 bits per heavy atom. The predicted octanol–water partition coefficient (Wildman–Crippen LogP) is 4.25. The fourth-order valence-electron chi connectivity index (χ4n) is 2.00. The second-order valence-corrected chi connectivity index (χ2v) is 5.24. The van der Waals surface area contributed by atoms with Crippen molar-refractivity contribution >= 4 is 22.6 Å². The van der Waals surface area contributed by atoms with E-state index in [1.807, 2.05) is 0 Å². The van der Waals surface area contributed by atoms with Crippen molar-refractivity contribution in [2.24, 2.45) is 0 Å². The molecule has 116 valence electrons. The fourth-order valence-corrected chi connectivity index (χ4v) is 2.16. The van der Waals surface area contributed by atoms with Gasteiger partial charge in [-0.3, -0.25) is 0 Å². The average Bonchev–Trinajstić information content (AvgIpc) is 2.76. The zero-order valence-corrected chi connectivity index (χ0v) is 12.0. The number of halogens is 5. The summed E-state index contributed by atoms with van der Waals surface area (Å²) in [5.74, 6) is -3.64. The first-order valence-electron chi connectivity index (χ1n) is 6.10. The maximum absolute atomic E-state index is 13.4. The quantitative estimate of drug-likeness (QED) is 0.607. The molecule has 0 spiro atoms. The Bertz CT molecular complexity index is 642. The van der Waals surface area contributed by atoms with Gasteiger partial charge in [0.15, 0.2) is 0 Å². The summed E-state index contributed by atoms with van der Waals surface area (Å²) >= 11 is 5.91. The predicted molar refractivity (Wildman–Crippen MR) is 71.5 cm³/mol. The molecule has 0 amide bonds. The average molecular weight is 325 g/mol. The zero-order chi connectivity index (χ0) is 15.8. The Kier molecular flexibility index (Phi) is 4.32. The lowest BCUT2D eigenvalue weighted by Gasteiger charge is -2.18. The van der Waals surface area contributed by atoms with E-state index in [0.29, 0.717) is 11.3 Å². The second kappa shape index (κ2) is 5.71. The van der Waals surface area contributed by atoms with E-state index < -0.39 is 24.3 Å². The lowest BCUT2D eigenvalue weighted by molar-refractivity contribution is -0.137. The minimum absolute atomic E-state index is 0.111. The van der Waals surface area contributed by atoms with E-state index >= 15 is 0 Å². The fraction of sp³-hybridized carbons (Fsp3) is 0.462. The molecule has 8 heteroatoms. The molecular weight excluding hydrogens is 312 g/mol. The summed E-state index contributed by atoms with van der Waals surface area (Å²) in [6, 6.07) is 4.63. The van der Waals surface area contributed by atoms with E-state index in [1.165, 1.54) is 20.1 Å². The number of hydrogen-bond donors (Lipinski definition) is 0. The van der Waals surface area contributed by atoms with Crippen LogP contribution in [0.3, 0.4) is 0 Å². The molecule has 1 aromatic carbocycles. The lowest BCUT2D eigenvalue weighted by Crippen LogP contribution is -2.32. The van der Waals surface area contributed by atoms with Gasteiger partial charge in [-0.15, -0.1) is 11.6 Å². The van der Waals surface area contributed by atoms with Gasteiger partial charge in [-0.2, -0.15) is 8.78 Å². The topological polar surface area (TPSA) is 27.1 Å². The van der Waals surface area contributed by atoms with Crippen molar-refractivity contribution in [2.45, 2.75) is 31.2 Å². The largest absolute Gasteiger partial charge is 0.497 e. The molecule has 2 aromatic rings. The third-order valence-electron chi connectivity index (χ3n) is 3.03. The van der Waals surface area contributed by atoms with Gasteiger partial charge < -0.3 is 9.30 Å². The Morgan fingerprint density at radius 3 is 2.57 bits per heavy atom. The Labute approximate surface area is 123 Å². The van der Waals surface area contributed by atoms with Crippen LogP contribution in [0.15, 0.2) is 18.2 Å². The van der Waals surface area contributed by atoms with Crippen LogP contribution in [0.5, 0.6) is 5.75 Å². The van der Waals surface area contributed by atoms with Crippen LogP contribution in [0.25, 0.3) is 11.0 Å². The van der Waals surface area contributed by atoms with Crippen molar-refractivity contribution in [3.63, 3.8) is 0 Å². The summed E-state index contributed by atoms with van der Waals surface area (Å²) in [5.41, 5.74) is 0.667. The lowest BCUT2D eigenvalue weighted by atomic mass is 10.2. The van der Waals surface area contributed by atoms with Gasteiger partial charge >= 0.3 is 12.3 Å². The number of aromatic nitrogens is 2. The molecule has 0 saturated heterocycles. The third kappa shape index (κ3) is 3.07. The van der Waals surface area contributed by atoms with Crippen LogP contribution in [0.4, 0.5) is 17.6 Å². The number of ether oxygens (including phenoxy) is 1. The van der Waals surface area contributed by atoms with Gasteiger partial charge in [0.25, 0.3) is 0 Å². The highest BCUT2D eigenvalue weighted by Gasteiger charge is 2.42. The number of alkyl halides is 5. The molecule has 3 nitrogen and oxygen atoms in total. The highest BCUT2D eigenvalue weighted by molar-refractivity contribution is 6.20. The Morgan fingerprint density at radius 2 is 2.05 bits per heavy atom. The van der Waals surface area contributed by atoms with E-state index in [9.17, 15) is 17.6 Å². The molecule has 0 N–H and O–H groups in total. The monoisotopic (exact) mass is 324 g/mol. The summed E-state index contributed by atoms with van der Waals surface area (Å²) in [6.07, 6.45) is -3.76. The van der Waals surface area contributed by atoms with E-state index in [-0.39, 0.29) is 11.3 Å². The smallest absolute Gasteiger partial charge is 0.324 e. The molecule has 1 aromatic heterocycles. The molecule has 0 saturated carbocycles. The standard InChI is InChI=1S/C13H13ClF4N2O/c1-7(14)11-19-9-4-3-8(21-2)5-10(9)20(11)6-13(17,18)12(15)16/h3-5,7,12H,6H2,1-2H3. The van der Waals surface area contributed by atoms with Crippen LogP contribution in [0.2, 0.25) is 0 Å². The first-order valence-corrected chi connectivity index (χ1v) is 6.54. The zero-order valence-electron chi connectivity index (χ0n) is 11.3. The van der Waals surface area contributed by atoms with Crippen LogP contribution in [-0.4, -0.2) is 29.0 Å². The van der Waals surface area contributed by atoms with Crippen LogP contribution in [0, 0.1) is 0 Å². The minimum atomic E-state index is -4.17. The molecule has 1 atom stereocenters. The van der Waals surface area contributed by atoms with E-state index in [0.717, 1.165) is 4.57 Å². The van der Waals surface area contributed by atoms with Gasteiger partial charge in [0.1, 0.15) is 11.6 Å². The Balaban J connectivity index is 2.59. The molecular formula is C13H13ClF4N2O. The second-order valence-electron chi connectivity index (χ2n) is 4.59. The van der Waals surface area contributed by atoms with Crippen molar-refractivity contribution < 1.29 is 22.3 Å². The molecule has 1 unspecified atom stereocenters. The molecule has 0 aliphatic carbocycles. The molecule has 1 heterocycles.